The maximum absolute atomic E-state index is 12.8. The summed E-state index contributed by atoms with van der Waals surface area (Å²) in [6.45, 7) is 1.91. The lowest BCUT2D eigenvalue weighted by Gasteiger charge is -2.41. The predicted octanol–water partition coefficient (Wildman–Crippen LogP) is 2.15. The quantitative estimate of drug-likeness (QED) is 0.748. The average molecular weight is 308 g/mol. The Kier molecular flexibility index (Phi) is 2.65. The minimum Gasteiger partial charge on any atom is -0.486 e. The van der Waals surface area contributed by atoms with Crippen LogP contribution >= 0.6 is 0 Å². The molecule has 0 bridgehead atoms. The zero-order valence-electron chi connectivity index (χ0n) is 12.6. The summed E-state index contributed by atoms with van der Waals surface area (Å²) in [5.74, 6) is 1.70. The number of ether oxygens (including phenoxy) is 2. The maximum atomic E-state index is 12.8. The number of hydrogen-bond donors (Lipinski definition) is 0. The van der Waals surface area contributed by atoms with E-state index in [1.165, 1.54) is 11.1 Å². The highest BCUT2D eigenvalue weighted by atomic mass is 16.6. The van der Waals surface area contributed by atoms with Crippen molar-refractivity contribution in [3.63, 3.8) is 0 Å². The Balaban J connectivity index is 1.63. The topological polar surface area (TPSA) is 51.7 Å². The number of rotatable bonds is 0. The van der Waals surface area contributed by atoms with Gasteiger partial charge in [0.25, 0.3) is 5.91 Å². The van der Waals surface area contributed by atoms with Gasteiger partial charge in [-0.25, -0.2) is 0 Å². The van der Waals surface area contributed by atoms with Crippen LogP contribution in [0.3, 0.4) is 0 Å². The Morgan fingerprint density at radius 1 is 1.17 bits per heavy atom. The van der Waals surface area contributed by atoms with Crippen molar-refractivity contribution in [3.05, 3.63) is 52.8 Å². The highest BCUT2D eigenvalue weighted by Crippen LogP contribution is 2.42. The van der Waals surface area contributed by atoms with Gasteiger partial charge in [0.05, 0.1) is 17.3 Å². The number of benzene rings is 1. The first-order chi connectivity index (χ1) is 11.3. The van der Waals surface area contributed by atoms with E-state index in [2.05, 4.69) is 17.1 Å². The highest BCUT2D eigenvalue weighted by Gasteiger charge is 2.38. The number of amides is 1. The molecule has 5 rings (SSSR count). The molecule has 3 aliphatic rings. The first-order valence-corrected chi connectivity index (χ1v) is 7.98. The second-order valence-corrected chi connectivity index (χ2v) is 6.16. The van der Waals surface area contributed by atoms with Gasteiger partial charge in [0.1, 0.15) is 13.2 Å². The minimum absolute atomic E-state index is 0.0458. The summed E-state index contributed by atoms with van der Waals surface area (Å²) < 4.78 is 11.4. The van der Waals surface area contributed by atoms with Crippen LogP contribution in [-0.2, 0) is 12.8 Å². The van der Waals surface area contributed by atoms with Gasteiger partial charge < -0.3 is 14.4 Å². The van der Waals surface area contributed by atoms with Crippen LogP contribution in [-0.4, -0.2) is 35.5 Å². The molecule has 0 saturated carbocycles. The molecule has 4 heterocycles. The van der Waals surface area contributed by atoms with E-state index in [4.69, 9.17) is 9.47 Å². The molecule has 2 aromatic rings. The fourth-order valence-electron chi connectivity index (χ4n) is 3.83. The molecule has 1 amide bonds. The van der Waals surface area contributed by atoms with Crippen LogP contribution in [0.4, 0.5) is 0 Å². The van der Waals surface area contributed by atoms with Crippen LogP contribution in [0.15, 0.2) is 30.5 Å². The van der Waals surface area contributed by atoms with E-state index in [-0.39, 0.29) is 11.9 Å². The summed E-state index contributed by atoms with van der Waals surface area (Å²) in [6.07, 6.45) is 3.37. The zero-order valence-corrected chi connectivity index (χ0v) is 12.6. The van der Waals surface area contributed by atoms with Crippen molar-refractivity contribution in [1.29, 1.82) is 0 Å². The summed E-state index contributed by atoms with van der Waals surface area (Å²) in [7, 11) is 0. The van der Waals surface area contributed by atoms with Crippen molar-refractivity contribution in [1.82, 2.24) is 9.88 Å². The highest BCUT2D eigenvalue weighted by molar-refractivity contribution is 5.96. The molecule has 5 heteroatoms. The Labute approximate surface area is 133 Å². The SMILES string of the molecule is O=C1c2cccnc2CC2c3cc4c(cc3CCN12)OCCO4. The normalized spacial score (nSPS) is 21.3. The number of carbonyl (C=O) groups excluding carboxylic acids is 1. The van der Waals surface area contributed by atoms with E-state index in [9.17, 15) is 4.79 Å². The first-order valence-electron chi connectivity index (χ1n) is 7.98. The number of pyridine rings is 1. The van der Waals surface area contributed by atoms with Gasteiger partial charge in [0.15, 0.2) is 11.5 Å². The fraction of sp³-hybridized carbons (Fsp3) is 0.333. The van der Waals surface area contributed by atoms with Crippen LogP contribution in [0.5, 0.6) is 11.5 Å². The monoisotopic (exact) mass is 308 g/mol. The summed E-state index contributed by atoms with van der Waals surface area (Å²) >= 11 is 0. The van der Waals surface area contributed by atoms with Crippen LogP contribution in [0.1, 0.15) is 33.2 Å². The molecule has 0 saturated heterocycles. The number of nitrogens with zero attached hydrogens (tertiary/aromatic N) is 2. The Bertz CT molecular complexity index is 818. The lowest BCUT2D eigenvalue weighted by Crippen LogP contribution is -2.44. The molecule has 1 aromatic heterocycles. The van der Waals surface area contributed by atoms with E-state index in [0.29, 0.717) is 13.2 Å². The Morgan fingerprint density at radius 2 is 2.00 bits per heavy atom. The van der Waals surface area contributed by atoms with Gasteiger partial charge in [0.2, 0.25) is 0 Å². The van der Waals surface area contributed by atoms with E-state index >= 15 is 0 Å². The van der Waals surface area contributed by atoms with E-state index in [0.717, 1.165) is 42.1 Å². The van der Waals surface area contributed by atoms with Gasteiger partial charge in [-0.15, -0.1) is 0 Å². The Hall–Kier alpha value is -2.56. The van der Waals surface area contributed by atoms with E-state index in [1.807, 2.05) is 17.0 Å². The number of carbonyl (C=O) groups is 1. The fourth-order valence-corrected chi connectivity index (χ4v) is 3.83. The van der Waals surface area contributed by atoms with Gasteiger partial charge in [-0.2, -0.15) is 0 Å². The van der Waals surface area contributed by atoms with E-state index < -0.39 is 0 Å². The minimum atomic E-state index is 0.0458. The lowest BCUT2D eigenvalue weighted by molar-refractivity contribution is 0.0627. The molecule has 0 aliphatic carbocycles. The van der Waals surface area contributed by atoms with Gasteiger partial charge in [-0.3, -0.25) is 9.78 Å². The molecule has 0 fully saturated rings. The van der Waals surface area contributed by atoms with Crippen molar-refractivity contribution < 1.29 is 14.3 Å². The van der Waals surface area contributed by atoms with Crippen molar-refractivity contribution in [2.45, 2.75) is 18.9 Å². The summed E-state index contributed by atoms with van der Waals surface area (Å²) in [5.41, 5.74) is 4.05. The molecular formula is C18H16N2O3. The van der Waals surface area contributed by atoms with Gasteiger partial charge >= 0.3 is 0 Å². The van der Waals surface area contributed by atoms with Crippen molar-refractivity contribution >= 4 is 5.91 Å². The molecule has 0 N–H and O–H groups in total. The second-order valence-electron chi connectivity index (χ2n) is 6.16. The lowest BCUT2D eigenvalue weighted by atomic mass is 9.85. The molecular weight excluding hydrogens is 292 g/mol. The van der Waals surface area contributed by atoms with Crippen LogP contribution in [0, 0.1) is 0 Å². The summed E-state index contributed by atoms with van der Waals surface area (Å²) in [5, 5.41) is 0. The molecule has 23 heavy (non-hydrogen) atoms. The predicted molar refractivity (Wildman–Crippen MR) is 82.9 cm³/mol. The Morgan fingerprint density at radius 3 is 2.87 bits per heavy atom. The van der Waals surface area contributed by atoms with Crippen molar-refractivity contribution in [2.75, 3.05) is 19.8 Å². The largest absolute Gasteiger partial charge is 0.486 e. The average Bonchev–Trinajstić information content (AvgIpc) is 2.60. The zero-order chi connectivity index (χ0) is 15.4. The second kappa shape index (κ2) is 4.72. The molecule has 5 nitrogen and oxygen atoms in total. The standard InChI is InChI=1S/C18H16N2O3/c21-18-12-2-1-4-19-14(12)10-15-13-9-17-16(22-6-7-23-17)8-11(13)3-5-20(15)18/h1-2,4,8-9,15H,3,5-7,10H2. The van der Waals surface area contributed by atoms with Crippen molar-refractivity contribution in [3.8, 4) is 11.5 Å². The number of hydrogen-bond acceptors (Lipinski definition) is 4. The van der Waals surface area contributed by atoms with Gasteiger partial charge in [-0.1, -0.05) is 0 Å². The van der Waals surface area contributed by atoms with Crippen LogP contribution in [0.25, 0.3) is 0 Å². The first kappa shape index (κ1) is 12.9. The molecule has 0 spiro atoms. The third-order valence-electron chi connectivity index (χ3n) is 4.93. The van der Waals surface area contributed by atoms with Crippen LogP contribution < -0.4 is 9.47 Å². The van der Waals surface area contributed by atoms with Gasteiger partial charge in [0, 0.05) is 19.2 Å². The van der Waals surface area contributed by atoms with E-state index in [1.54, 1.807) is 6.20 Å². The molecule has 1 atom stereocenters. The smallest absolute Gasteiger partial charge is 0.256 e. The number of fused-ring (bicyclic) bond motifs is 5. The molecule has 116 valence electrons. The summed E-state index contributed by atoms with van der Waals surface area (Å²) in [4.78, 5) is 19.2. The number of aromatic nitrogens is 1. The molecule has 3 aliphatic heterocycles. The third kappa shape index (κ3) is 1.86. The molecule has 0 radical (unpaired) electrons. The molecule has 1 unspecified atom stereocenters. The summed E-state index contributed by atoms with van der Waals surface area (Å²) in [6, 6.07) is 7.89. The third-order valence-corrected chi connectivity index (χ3v) is 4.93. The molecule has 1 aromatic carbocycles. The van der Waals surface area contributed by atoms with Crippen molar-refractivity contribution in [2.24, 2.45) is 0 Å². The maximum Gasteiger partial charge on any atom is 0.256 e. The van der Waals surface area contributed by atoms with Gasteiger partial charge in [-0.05, 0) is 41.8 Å². The van der Waals surface area contributed by atoms with Crippen LogP contribution in [0.2, 0.25) is 0 Å².